The zero-order valence-corrected chi connectivity index (χ0v) is 20.6. The van der Waals surface area contributed by atoms with Gasteiger partial charge in [-0.15, -0.1) is 0 Å². The first-order chi connectivity index (χ1) is 18.1. The van der Waals surface area contributed by atoms with Crippen LogP contribution in [0.1, 0.15) is 34.0 Å². The van der Waals surface area contributed by atoms with Crippen molar-refractivity contribution >= 4 is 17.1 Å². The number of hydrogen-bond donors (Lipinski definition) is 0. The maximum atomic E-state index is 12.1. The Morgan fingerprint density at radius 1 is 0.946 bits per heavy atom. The molecule has 0 saturated heterocycles. The maximum absolute atomic E-state index is 12.1. The van der Waals surface area contributed by atoms with Crippen molar-refractivity contribution in [2.24, 2.45) is 0 Å². The molecular weight excluding hydrogens is 472 g/mol. The molecule has 0 amide bonds. The van der Waals surface area contributed by atoms with E-state index in [2.05, 4.69) is 15.1 Å². The molecule has 2 aromatic carbocycles. The summed E-state index contributed by atoms with van der Waals surface area (Å²) in [4.78, 5) is 26.0. The van der Waals surface area contributed by atoms with Gasteiger partial charge in [0.05, 0.1) is 37.8 Å². The van der Waals surface area contributed by atoms with Crippen molar-refractivity contribution in [3.05, 3.63) is 95.6 Å². The number of carbonyl (C=O) groups is 1. The largest absolute Gasteiger partial charge is 0.471 e. The number of nitrogens with zero attached hydrogens (tertiary/aromatic N) is 6. The van der Waals surface area contributed by atoms with Gasteiger partial charge in [0.1, 0.15) is 6.61 Å². The lowest BCUT2D eigenvalue weighted by Crippen LogP contribution is -2.08. The van der Waals surface area contributed by atoms with E-state index in [0.29, 0.717) is 42.4 Å². The first-order valence-electron chi connectivity index (χ1n) is 11.8. The zero-order valence-electron chi connectivity index (χ0n) is 20.6. The summed E-state index contributed by atoms with van der Waals surface area (Å²) in [6, 6.07) is 18.0. The highest BCUT2D eigenvalue weighted by Crippen LogP contribution is 2.24. The number of ether oxygens (including phenoxy) is 3. The van der Waals surface area contributed by atoms with Gasteiger partial charge in [-0.2, -0.15) is 15.1 Å². The first-order valence-corrected chi connectivity index (χ1v) is 11.8. The Morgan fingerprint density at radius 2 is 1.70 bits per heavy atom. The number of benzene rings is 2. The van der Waals surface area contributed by atoms with Gasteiger partial charge in [-0.1, -0.05) is 54.6 Å². The van der Waals surface area contributed by atoms with E-state index in [1.165, 1.54) is 17.1 Å². The highest BCUT2D eigenvalue weighted by Gasteiger charge is 2.18. The predicted octanol–water partition coefficient (Wildman–Crippen LogP) is 3.96. The lowest BCUT2D eigenvalue weighted by atomic mass is 10.1. The van der Waals surface area contributed by atoms with E-state index in [9.17, 15) is 4.79 Å². The molecule has 5 aromatic rings. The van der Waals surface area contributed by atoms with Crippen molar-refractivity contribution in [3.63, 3.8) is 0 Å². The lowest BCUT2D eigenvalue weighted by molar-refractivity contribution is 0.0526. The molecule has 0 unspecified atom stereocenters. The number of carbonyl (C=O) groups excluding carboxylic acids is 1. The van der Waals surface area contributed by atoms with E-state index in [1.807, 2.05) is 59.2 Å². The minimum atomic E-state index is -0.461. The SMILES string of the molecule is CCOC(=O)c1cnn(-c2nc(OCc3ccccc3)c3ncn(Cc4ccc(COC)cc4)c3n2)c1. The van der Waals surface area contributed by atoms with Gasteiger partial charge in [-0.3, -0.25) is 0 Å². The molecule has 3 aromatic heterocycles. The topological polar surface area (TPSA) is 106 Å². The third-order valence-corrected chi connectivity index (χ3v) is 5.62. The van der Waals surface area contributed by atoms with Gasteiger partial charge in [0, 0.05) is 13.3 Å². The van der Waals surface area contributed by atoms with Gasteiger partial charge in [-0.25, -0.2) is 14.5 Å². The predicted molar refractivity (Wildman–Crippen MR) is 135 cm³/mol. The van der Waals surface area contributed by atoms with E-state index in [4.69, 9.17) is 19.2 Å². The number of fused-ring (bicyclic) bond motifs is 1. The molecule has 0 aliphatic heterocycles. The monoisotopic (exact) mass is 498 g/mol. The lowest BCUT2D eigenvalue weighted by Gasteiger charge is -2.10. The Bertz CT molecular complexity index is 1490. The quantitative estimate of drug-likeness (QED) is 0.266. The molecule has 0 aliphatic rings. The van der Waals surface area contributed by atoms with Gasteiger partial charge in [0.15, 0.2) is 11.2 Å². The normalized spacial score (nSPS) is 11.1. The van der Waals surface area contributed by atoms with E-state index in [1.54, 1.807) is 20.4 Å². The third kappa shape index (κ3) is 5.49. The second kappa shape index (κ2) is 11.0. The standard InChI is InChI=1S/C27H26N6O4/c1-3-36-26(34)22-13-29-33(15-22)27-30-24-23(25(31-27)37-17-20-7-5-4-6-8-20)28-18-32(24)14-19-9-11-21(12-10-19)16-35-2/h4-13,15,18H,3,14,16-17H2,1-2H3. The van der Waals surface area contributed by atoms with Crippen LogP contribution < -0.4 is 4.74 Å². The molecule has 0 bridgehead atoms. The van der Waals surface area contributed by atoms with Crippen molar-refractivity contribution < 1.29 is 19.0 Å². The van der Waals surface area contributed by atoms with Crippen LogP contribution in [0.4, 0.5) is 0 Å². The van der Waals surface area contributed by atoms with Crippen LogP contribution in [0.3, 0.4) is 0 Å². The van der Waals surface area contributed by atoms with Gasteiger partial charge in [0.25, 0.3) is 5.95 Å². The molecule has 0 fully saturated rings. The zero-order chi connectivity index (χ0) is 25.6. The smallest absolute Gasteiger partial charge is 0.341 e. The summed E-state index contributed by atoms with van der Waals surface area (Å²) < 4.78 is 19.7. The highest BCUT2D eigenvalue weighted by molar-refractivity contribution is 5.88. The van der Waals surface area contributed by atoms with E-state index < -0.39 is 5.97 Å². The first kappa shape index (κ1) is 24.1. The van der Waals surface area contributed by atoms with Crippen LogP contribution in [0.25, 0.3) is 17.1 Å². The van der Waals surface area contributed by atoms with E-state index in [0.717, 1.165) is 16.7 Å². The Labute approximate surface area is 213 Å². The summed E-state index contributed by atoms with van der Waals surface area (Å²) in [5.74, 6) is 0.117. The second-order valence-corrected chi connectivity index (χ2v) is 8.29. The molecule has 0 aliphatic carbocycles. The summed E-state index contributed by atoms with van der Waals surface area (Å²) in [5, 5.41) is 4.27. The molecule has 0 spiro atoms. The summed E-state index contributed by atoms with van der Waals surface area (Å²) in [5.41, 5.74) is 4.60. The van der Waals surface area contributed by atoms with Crippen LogP contribution in [0.15, 0.2) is 73.3 Å². The van der Waals surface area contributed by atoms with E-state index in [-0.39, 0.29) is 12.6 Å². The minimum absolute atomic E-state index is 0.253. The molecule has 3 heterocycles. The molecule has 0 N–H and O–H groups in total. The van der Waals surface area contributed by atoms with Crippen molar-refractivity contribution in [2.75, 3.05) is 13.7 Å². The Kier molecular flexibility index (Phi) is 7.18. The van der Waals surface area contributed by atoms with Crippen LogP contribution in [-0.2, 0) is 29.2 Å². The Morgan fingerprint density at radius 3 is 2.46 bits per heavy atom. The van der Waals surface area contributed by atoms with Crippen molar-refractivity contribution in [1.29, 1.82) is 0 Å². The average molecular weight is 499 g/mol. The Balaban J connectivity index is 1.51. The molecule has 37 heavy (non-hydrogen) atoms. The maximum Gasteiger partial charge on any atom is 0.341 e. The number of imidazole rings is 1. The van der Waals surface area contributed by atoms with Crippen LogP contribution in [0.2, 0.25) is 0 Å². The molecule has 10 nitrogen and oxygen atoms in total. The van der Waals surface area contributed by atoms with Gasteiger partial charge in [-0.05, 0) is 23.6 Å². The summed E-state index contributed by atoms with van der Waals surface area (Å²) in [6.45, 7) is 3.45. The molecule has 10 heteroatoms. The fourth-order valence-electron chi connectivity index (χ4n) is 3.81. The second-order valence-electron chi connectivity index (χ2n) is 8.29. The van der Waals surface area contributed by atoms with Crippen LogP contribution in [0, 0.1) is 0 Å². The summed E-state index contributed by atoms with van der Waals surface area (Å²) >= 11 is 0. The van der Waals surface area contributed by atoms with Crippen molar-refractivity contribution in [3.8, 4) is 11.8 Å². The van der Waals surface area contributed by atoms with Crippen LogP contribution >= 0.6 is 0 Å². The van der Waals surface area contributed by atoms with Gasteiger partial charge in [0.2, 0.25) is 5.88 Å². The summed E-state index contributed by atoms with van der Waals surface area (Å²) in [7, 11) is 1.68. The molecular formula is C27H26N6O4. The van der Waals surface area contributed by atoms with Gasteiger partial charge >= 0.3 is 5.97 Å². The van der Waals surface area contributed by atoms with Crippen molar-refractivity contribution in [2.45, 2.75) is 26.7 Å². The average Bonchev–Trinajstić information content (AvgIpc) is 3.57. The minimum Gasteiger partial charge on any atom is -0.471 e. The fraction of sp³-hybridized carbons (Fsp3) is 0.222. The van der Waals surface area contributed by atoms with Crippen LogP contribution in [-0.4, -0.2) is 49.0 Å². The van der Waals surface area contributed by atoms with Crippen LogP contribution in [0.5, 0.6) is 5.88 Å². The Hall–Kier alpha value is -4.57. The van der Waals surface area contributed by atoms with Gasteiger partial charge < -0.3 is 18.8 Å². The number of rotatable bonds is 10. The third-order valence-electron chi connectivity index (χ3n) is 5.62. The molecule has 0 saturated carbocycles. The summed E-state index contributed by atoms with van der Waals surface area (Å²) in [6.07, 6.45) is 4.68. The van der Waals surface area contributed by atoms with E-state index >= 15 is 0 Å². The number of methoxy groups -OCH3 is 1. The fourth-order valence-corrected chi connectivity index (χ4v) is 3.81. The number of aromatic nitrogens is 6. The molecule has 188 valence electrons. The highest BCUT2D eigenvalue weighted by atomic mass is 16.5. The van der Waals surface area contributed by atoms with Crippen molar-refractivity contribution in [1.82, 2.24) is 29.3 Å². The molecule has 5 rings (SSSR count). The molecule has 0 atom stereocenters. The number of esters is 1. The molecule has 0 radical (unpaired) electrons. The number of hydrogen-bond acceptors (Lipinski definition) is 8.